The second kappa shape index (κ2) is 10.6. The summed E-state index contributed by atoms with van der Waals surface area (Å²) in [5, 5.41) is 5.76. The van der Waals surface area contributed by atoms with Gasteiger partial charge in [-0.2, -0.15) is 4.48 Å². The van der Waals surface area contributed by atoms with Crippen LogP contribution in [0.3, 0.4) is 0 Å². The number of benzene rings is 1. The van der Waals surface area contributed by atoms with E-state index in [0.717, 1.165) is 0 Å². The van der Waals surface area contributed by atoms with Crippen LogP contribution in [-0.2, 0) is 19.1 Å². The normalized spacial score (nSPS) is 22.6. The fraction of sp³-hybridized carbons (Fsp3) is 0.565. The van der Waals surface area contributed by atoms with E-state index in [2.05, 4.69) is 10.6 Å². The van der Waals surface area contributed by atoms with Gasteiger partial charge < -0.3 is 14.8 Å². The molecule has 2 saturated heterocycles. The summed E-state index contributed by atoms with van der Waals surface area (Å²) < 4.78 is 10.3. The zero-order valence-electron chi connectivity index (χ0n) is 19.1. The van der Waals surface area contributed by atoms with Gasteiger partial charge in [0.2, 0.25) is 6.23 Å². The van der Waals surface area contributed by atoms with Crippen molar-refractivity contribution in [1.82, 2.24) is 10.6 Å². The van der Waals surface area contributed by atoms with Crippen molar-refractivity contribution in [2.75, 3.05) is 19.7 Å². The number of hydrogen-bond acceptors (Lipinski definition) is 6. The molecule has 1 aromatic rings. The molecule has 2 heterocycles. The van der Waals surface area contributed by atoms with Gasteiger partial charge in [0.15, 0.2) is 0 Å². The van der Waals surface area contributed by atoms with Gasteiger partial charge in [-0.05, 0) is 25.0 Å². The molecule has 3 rings (SSSR count). The van der Waals surface area contributed by atoms with E-state index >= 15 is 0 Å². The van der Waals surface area contributed by atoms with Crippen LogP contribution < -0.4 is 10.6 Å². The van der Waals surface area contributed by atoms with Crippen molar-refractivity contribution in [3.8, 4) is 0 Å². The lowest BCUT2D eigenvalue weighted by molar-refractivity contribution is -0.761. The minimum absolute atomic E-state index is 0.0369. The lowest BCUT2D eigenvalue weighted by Gasteiger charge is -2.34. The van der Waals surface area contributed by atoms with Gasteiger partial charge in [-0.1, -0.05) is 37.6 Å². The molecular formula is C23H31ClN3O6+. The van der Waals surface area contributed by atoms with E-state index < -0.39 is 46.7 Å². The number of esters is 1. The van der Waals surface area contributed by atoms with Gasteiger partial charge in [0.05, 0.1) is 30.1 Å². The maximum atomic E-state index is 13.8. The molecule has 0 radical (unpaired) electrons. The smallest absolute Gasteiger partial charge is 0.427 e. The second-order valence-electron chi connectivity index (χ2n) is 8.69. The van der Waals surface area contributed by atoms with E-state index in [1.807, 2.05) is 13.8 Å². The van der Waals surface area contributed by atoms with E-state index in [1.165, 1.54) is 0 Å². The van der Waals surface area contributed by atoms with Crippen molar-refractivity contribution < 1.29 is 33.1 Å². The van der Waals surface area contributed by atoms with Crippen molar-refractivity contribution in [1.29, 1.82) is 0 Å². The lowest BCUT2D eigenvalue weighted by Crippen LogP contribution is -2.67. The summed E-state index contributed by atoms with van der Waals surface area (Å²) in [7, 11) is 0. The van der Waals surface area contributed by atoms with Crippen LogP contribution in [-0.4, -0.2) is 66.4 Å². The number of hydrogen-bond donors (Lipinski definition) is 2. The van der Waals surface area contributed by atoms with E-state index in [9.17, 15) is 19.2 Å². The average molecular weight is 481 g/mol. The Balaban J connectivity index is 1.81. The fourth-order valence-electron chi connectivity index (χ4n) is 4.31. The number of carbonyl (C=O) groups excluding carboxylic acids is 4. The Bertz CT molecular complexity index is 915. The molecule has 0 bridgehead atoms. The predicted octanol–water partition coefficient (Wildman–Crippen LogP) is 2.62. The van der Waals surface area contributed by atoms with Crippen molar-refractivity contribution >= 4 is 35.4 Å². The van der Waals surface area contributed by atoms with Crippen molar-refractivity contribution in [2.24, 2.45) is 5.92 Å². The van der Waals surface area contributed by atoms with Crippen molar-refractivity contribution in [2.45, 2.75) is 58.4 Å². The third-order valence-corrected chi connectivity index (χ3v) is 6.42. The molecule has 3 atom stereocenters. The summed E-state index contributed by atoms with van der Waals surface area (Å²) in [5.41, 5.74) is 0.257. The number of ether oxygens (including phenoxy) is 2. The fourth-order valence-corrected chi connectivity index (χ4v) is 4.53. The van der Waals surface area contributed by atoms with Crippen LogP contribution >= 0.6 is 11.6 Å². The molecule has 4 amide bonds. The standard InChI is InChI=1S/C23H30ClN3O6/c1-4-32-17-13-18(28)33-21(17)26-23(31)27(11-7-8-12-27)22(30)19(14(2)3)25-20(29)15-9-5-6-10-16(15)24/h5-6,9-10,14,17,19,21H,4,7-8,11-13H2,1-3H3,(H-,25,26,29,31)/p+1/t17-,19-,21-/m0/s1. The zero-order valence-corrected chi connectivity index (χ0v) is 19.9. The monoisotopic (exact) mass is 480 g/mol. The minimum Gasteiger partial charge on any atom is -0.439 e. The maximum Gasteiger partial charge on any atom is 0.427 e. The second-order valence-corrected chi connectivity index (χ2v) is 9.10. The van der Waals surface area contributed by atoms with Gasteiger partial charge in [0.1, 0.15) is 12.1 Å². The van der Waals surface area contributed by atoms with Gasteiger partial charge in [0.25, 0.3) is 5.91 Å². The number of imide groups is 1. The molecule has 0 unspecified atom stereocenters. The predicted molar refractivity (Wildman–Crippen MR) is 120 cm³/mol. The molecule has 33 heavy (non-hydrogen) atoms. The molecular weight excluding hydrogens is 450 g/mol. The Labute approximate surface area is 198 Å². The largest absolute Gasteiger partial charge is 0.439 e. The Morgan fingerprint density at radius 3 is 2.48 bits per heavy atom. The summed E-state index contributed by atoms with van der Waals surface area (Å²) >= 11 is 6.15. The number of nitrogens with one attached hydrogen (secondary N) is 2. The molecule has 0 aromatic heterocycles. The van der Waals surface area contributed by atoms with Crippen LogP contribution in [0.15, 0.2) is 24.3 Å². The SMILES string of the molecule is CCO[C@H]1CC(=O)O[C@@H]1NC(=O)[N+]1(C(=O)[C@@H](NC(=O)c2ccccc2Cl)C(C)C)CCCC1. The molecule has 2 fully saturated rings. The number of likely N-dealkylation sites (tertiary alicyclic amines) is 1. The van der Waals surface area contributed by atoms with Crippen LogP contribution in [0.4, 0.5) is 4.79 Å². The number of quaternary nitrogens is 1. The average Bonchev–Trinajstić information content (AvgIpc) is 3.39. The number of cyclic esters (lactones) is 1. The Morgan fingerprint density at radius 1 is 1.21 bits per heavy atom. The van der Waals surface area contributed by atoms with Gasteiger partial charge in [0, 0.05) is 19.4 Å². The summed E-state index contributed by atoms with van der Waals surface area (Å²) in [6.45, 7) is 6.37. The first-order valence-electron chi connectivity index (χ1n) is 11.3. The van der Waals surface area contributed by atoms with Crippen molar-refractivity contribution in [3.05, 3.63) is 34.9 Å². The summed E-state index contributed by atoms with van der Waals surface area (Å²) in [6, 6.07) is 5.11. The highest BCUT2D eigenvalue weighted by atomic mass is 35.5. The molecule has 0 aliphatic carbocycles. The minimum atomic E-state index is -0.955. The number of rotatable bonds is 7. The van der Waals surface area contributed by atoms with Gasteiger partial charge in [-0.15, -0.1) is 0 Å². The van der Waals surface area contributed by atoms with E-state index in [-0.39, 0.29) is 22.9 Å². The van der Waals surface area contributed by atoms with E-state index in [1.54, 1.807) is 31.2 Å². The molecule has 0 saturated carbocycles. The Hall–Kier alpha value is -2.49. The zero-order chi connectivity index (χ0) is 24.2. The molecule has 10 heteroatoms. The third kappa shape index (κ3) is 5.37. The molecule has 180 valence electrons. The number of carbonyl (C=O) groups is 4. The summed E-state index contributed by atoms with van der Waals surface area (Å²) in [4.78, 5) is 51.8. The molecule has 2 aliphatic rings. The van der Waals surface area contributed by atoms with Gasteiger partial charge in [-0.3, -0.25) is 14.9 Å². The molecule has 2 aliphatic heterocycles. The summed E-state index contributed by atoms with van der Waals surface area (Å²) in [5.74, 6) is -1.62. The lowest BCUT2D eigenvalue weighted by atomic mass is 10.0. The molecule has 1 aromatic carbocycles. The first-order chi connectivity index (χ1) is 15.7. The number of urea groups is 1. The quantitative estimate of drug-likeness (QED) is 0.458. The van der Waals surface area contributed by atoms with Crippen LogP contribution in [0.2, 0.25) is 5.02 Å². The van der Waals surface area contributed by atoms with Gasteiger partial charge in [-0.25, -0.2) is 9.59 Å². The molecule has 0 spiro atoms. The first kappa shape index (κ1) is 25.1. The first-order valence-corrected chi connectivity index (χ1v) is 11.7. The summed E-state index contributed by atoms with van der Waals surface area (Å²) in [6.07, 6.45) is -0.160. The highest BCUT2D eigenvalue weighted by Gasteiger charge is 2.53. The van der Waals surface area contributed by atoms with E-state index in [4.69, 9.17) is 21.1 Å². The van der Waals surface area contributed by atoms with E-state index in [0.29, 0.717) is 32.5 Å². The highest BCUT2D eigenvalue weighted by Crippen LogP contribution is 2.26. The highest BCUT2D eigenvalue weighted by molar-refractivity contribution is 6.33. The Kier molecular flexibility index (Phi) is 8.10. The number of nitrogens with zero attached hydrogens (tertiary/aromatic N) is 1. The maximum absolute atomic E-state index is 13.8. The Morgan fingerprint density at radius 2 is 1.88 bits per heavy atom. The number of amides is 4. The van der Waals surface area contributed by atoms with Crippen LogP contribution in [0.1, 0.15) is 50.4 Å². The topological polar surface area (TPSA) is 111 Å². The molecule has 9 nitrogen and oxygen atoms in total. The van der Waals surface area contributed by atoms with Crippen LogP contribution in [0.25, 0.3) is 0 Å². The third-order valence-electron chi connectivity index (χ3n) is 6.09. The molecule has 2 N–H and O–H groups in total. The van der Waals surface area contributed by atoms with Crippen molar-refractivity contribution in [3.63, 3.8) is 0 Å². The van der Waals surface area contributed by atoms with Crippen LogP contribution in [0, 0.1) is 5.92 Å². The van der Waals surface area contributed by atoms with Crippen LogP contribution in [0.5, 0.6) is 0 Å². The number of halogens is 1. The van der Waals surface area contributed by atoms with Gasteiger partial charge >= 0.3 is 17.9 Å².